The summed E-state index contributed by atoms with van der Waals surface area (Å²) in [5.41, 5.74) is 6.95. The molecule has 2 N–H and O–H groups in total. The summed E-state index contributed by atoms with van der Waals surface area (Å²) in [5, 5.41) is 0. The van der Waals surface area contributed by atoms with Crippen molar-refractivity contribution >= 4 is 0 Å². The van der Waals surface area contributed by atoms with Crippen LogP contribution in [0.4, 0.5) is 0 Å². The fourth-order valence-electron chi connectivity index (χ4n) is 1.82. The van der Waals surface area contributed by atoms with Crippen molar-refractivity contribution in [3.8, 4) is 0 Å². The monoisotopic (exact) mass is 219 g/mol. The van der Waals surface area contributed by atoms with Crippen molar-refractivity contribution in [3.05, 3.63) is 36.9 Å². The largest absolute Gasteiger partial charge is 0.335 e. The molecular weight excluding hydrogens is 202 g/mol. The molecule has 2 heterocycles. The molecule has 2 rings (SSSR count). The number of aromatic nitrogens is 4. The summed E-state index contributed by atoms with van der Waals surface area (Å²) in [6, 6.07) is 0.324. The minimum Gasteiger partial charge on any atom is -0.335 e. The molecule has 0 aromatic carbocycles. The van der Waals surface area contributed by atoms with E-state index in [1.807, 2.05) is 32.0 Å². The molecular formula is C11H17N5. The zero-order valence-corrected chi connectivity index (χ0v) is 9.61. The summed E-state index contributed by atoms with van der Waals surface area (Å²) >= 11 is 0. The van der Waals surface area contributed by atoms with Gasteiger partial charge in [0.25, 0.3) is 0 Å². The minimum absolute atomic E-state index is 0.00716. The van der Waals surface area contributed by atoms with Gasteiger partial charge in [-0.1, -0.05) is 0 Å². The molecule has 2 atom stereocenters. The van der Waals surface area contributed by atoms with Gasteiger partial charge in [0.05, 0.1) is 18.3 Å². The average molecular weight is 219 g/mol. The van der Waals surface area contributed by atoms with Crippen molar-refractivity contribution in [2.24, 2.45) is 5.73 Å². The zero-order chi connectivity index (χ0) is 11.5. The van der Waals surface area contributed by atoms with Crippen LogP contribution in [0, 0.1) is 0 Å². The molecule has 0 amide bonds. The molecule has 2 aromatic heterocycles. The van der Waals surface area contributed by atoms with E-state index in [4.69, 9.17) is 5.73 Å². The third kappa shape index (κ3) is 2.14. The van der Waals surface area contributed by atoms with E-state index in [1.165, 1.54) is 0 Å². The Morgan fingerprint density at radius 1 is 1.31 bits per heavy atom. The second-order valence-corrected chi connectivity index (χ2v) is 4.12. The molecule has 5 heteroatoms. The van der Waals surface area contributed by atoms with E-state index < -0.39 is 0 Å². The number of hydrogen-bond donors (Lipinski definition) is 1. The van der Waals surface area contributed by atoms with Gasteiger partial charge in [-0.05, 0) is 13.8 Å². The van der Waals surface area contributed by atoms with Gasteiger partial charge >= 0.3 is 0 Å². The van der Waals surface area contributed by atoms with Crippen molar-refractivity contribution < 1.29 is 0 Å². The molecule has 5 nitrogen and oxygen atoms in total. The maximum atomic E-state index is 5.89. The summed E-state index contributed by atoms with van der Waals surface area (Å²) in [6.07, 6.45) is 9.22. The van der Waals surface area contributed by atoms with Crippen LogP contribution in [0.15, 0.2) is 31.2 Å². The molecule has 0 spiro atoms. The molecule has 0 aliphatic heterocycles. The number of hydrogen-bond acceptors (Lipinski definition) is 3. The maximum Gasteiger partial charge on any atom is 0.0951 e. The van der Waals surface area contributed by atoms with Gasteiger partial charge in [-0.15, -0.1) is 0 Å². The SMILES string of the molecule is CC(Cn1ccnc1)n1cncc1[C@@H](C)N. The van der Waals surface area contributed by atoms with Gasteiger partial charge < -0.3 is 14.9 Å². The van der Waals surface area contributed by atoms with Crippen LogP contribution in [0.1, 0.15) is 31.6 Å². The Hall–Kier alpha value is -1.62. The first-order valence-electron chi connectivity index (χ1n) is 5.41. The van der Waals surface area contributed by atoms with Crippen molar-refractivity contribution in [1.29, 1.82) is 0 Å². The molecule has 2 aromatic rings. The molecule has 0 fully saturated rings. The standard InChI is InChI=1S/C11H17N5/c1-9(6-15-4-3-13-7-15)16-8-14-5-11(16)10(2)12/h3-5,7-10H,6,12H2,1-2H3/t9?,10-/m1/s1. The number of nitrogens with zero attached hydrogens (tertiary/aromatic N) is 4. The van der Waals surface area contributed by atoms with Crippen LogP contribution in [0.2, 0.25) is 0 Å². The Labute approximate surface area is 94.9 Å². The Morgan fingerprint density at radius 2 is 2.12 bits per heavy atom. The van der Waals surface area contributed by atoms with Crippen molar-refractivity contribution in [3.63, 3.8) is 0 Å². The molecule has 0 aliphatic carbocycles. The summed E-state index contributed by atoms with van der Waals surface area (Å²) < 4.78 is 4.17. The molecule has 1 unspecified atom stereocenters. The highest BCUT2D eigenvalue weighted by Gasteiger charge is 2.12. The van der Waals surface area contributed by atoms with Gasteiger partial charge in [-0.2, -0.15) is 0 Å². The van der Waals surface area contributed by atoms with Gasteiger partial charge in [0.2, 0.25) is 0 Å². The second-order valence-electron chi connectivity index (χ2n) is 4.12. The Morgan fingerprint density at radius 3 is 2.75 bits per heavy atom. The predicted molar refractivity (Wildman–Crippen MR) is 61.8 cm³/mol. The highest BCUT2D eigenvalue weighted by atomic mass is 15.1. The predicted octanol–water partition coefficient (Wildman–Crippen LogP) is 1.36. The van der Waals surface area contributed by atoms with E-state index in [0.29, 0.717) is 6.04 Å². The van der Waals surface area contributed by atoms with E-state index in [1.54, 1.807) is 6.20 Å². The maximum absolute atomic E-state index is 5.89. The minimum atomic E-state index is 0.00716. The fraction of sp³-hybridized carbons (Fsp3) is 0.455. The van der Waals surface area contributed by atoms with Crippen LogP contribution < -0.4 is 5.73 Å². The third-order valence-electron chi connectivity index (χ3n) is 2.67. The number of imidazole rings is 2. The molecule has 86 valence electrons. The zero-order valence-electron chi connectivity index (χ0n) is 9.61. The Kier molecular flexibility index (Phi) is 3.05. The highest BCUT2D eigenvalue weighted by Crippen LogP contribution is 2.16. The van der Waals surface area contributed by atoms with E-state index in [2.05, 4.69) is 26.0 Å². The number of rotatable bonds is 4. The van der Waals surface area contributed by atoms with E-state index in [-0.39, 0.29) is 6.04 Å². The first kappa shape index (κ1) is 10.9. The Bertz CT molecular complexity index is 429. The molecule has 0 saturated heterocycles. The average Bonchev–Trinajstić information content (AvgIpc) is 2.86. The van der Waals surface area contributed by atoms with E-state index in [0.717, 1.165) is 12.2 Å². The van der Waals surface area contributed by atoms with Gasteiger partial charge in [0.1, 0.15) is 0 Å². The molecule has 0 radical (unpaired) electrons. The summed E-state index contributed by atoms with van der Waals surface area (Å²) in [7, 11) is 0. The summed E-state index contributed by atoms with van der Waals surface area (Å²) in [6.45, 7) is 4.99. The van der Waals surface area contributed by atoms with Crippen LogP contribution in [-0.4, -0.2) is 19.1 Å². The van der Waals surface area contributed by atoms with Gasteiger partial charge in [-0.3, -0.25) is 0 Å². The van der Waals surface area contributed by atoms with E-state index >= 15 is 0 Å². The van der Waals surface area contributed by atoms with Crippen LogP contribution in [0.5, 0.6) is 0 Å². The van der Waals surface area contributed by atoms with Crippen LogP contribution in [-0.2, 0) is 6.54 Å². The lowest BCUT2D eigenvalue weighted by molar-refractivity contribution is 0.444. The summed E-state index contributed by atoms with van der Waals surface area (Å²) in [5.74, 6) is 0. The highest BCUT2D eigenvalue weighted by molar-refractivity contribution is 5.04. The van der Waals surface area contributed by atoms with Crippen LogP contribution in [0.25, 0.3) is 0 Å². The normalized spacial score (nSPS) is 14.9. The second kappa shape index (κ2) is 4.49. The lowest BCUT2D eigenvalue weighted by atomic mass is 10.2. The molecule has 0 aliphatic rings. The number of nitrogens with two attached hydrogens (primary N) is 1. The van der Waals surface area contributed by atoms with Gasteiger partial charge in [-0.25, -0.2) is 9.97 Å². The lowest BCUT2D eigenvalue weighted by Crippen LogP contribution is -2.17. The van der Waals surface area contributed by atoms with Gasteiger partial charge in [0.15, 0.2) is 0 Å². The quantitative estimate of drug-likeness (QED) is 0.844. The topological polar surface area (TPSA) is 61.7 Å². The molecule has 0 saturated carbocycles. The Balaban J connectivity index is 2.14. The summed E-state index contributed by atoms with van der Waals surface area (Å²) in [4.78, 5) is 8.18. The van der Waals surface area contributed by atoms with Crippen LogP contribution in [0.3, 0.4) is 0 Å². The first-order chi connectivity index (χ1) is 7.68. The first-order valence-corrected chi connectivity index (χ1v) is 5.41. The molecule has 16 heavy (non-hydrogen) atoms. The van der Waals surface area contributed by atoms with Crippen LogP contribution >= 0.6 is 0 Å². The lowest BCUT2D eigenvalue weighted by Gasteiger charge is -2.18. The van der Waals surface area contributed by atoms with Crippen molar-refractivity contribution in [2.75, 3.05) is 0 Å². The van der Waals surface area contributed by atoms with Crippen molar-refractivity contribution in [2.45, 2.75) is 32.5 Å². The fourth-order valence-corrected chi connectivity index (χ4v) is 1.82. The van der Waals surface area contributed by atoms with Crippen molar-refractivity contribution in [1.82, 2.24) is 19.1 Å². The van der Waals surface area contributed by atoms with E-state index in [9.17, 15) is 0 Å². The van der Waals surface area contributed by atoms with Gasteiger partial charge in [0, 0.05) is 37.2 Å². The smallest absolute Gasteiger partial charge is 0.0951 e. The molecule has 0 bridgehead atoms. The third-order valence-corrected chi connectivity index (χ3v) is 2.67.